The van der Waals surface area contributed by atoms with Crippen molar-refractivity contribution in [3.63, 3.8) is 0 Å². The smallest absolute Gasteiger partial charge is 0.0568 e. The van der Waals surface area contributed by atoms with Crippen LogP contribution in [0.1, 0.15) is 19.4 Å². The van der Waals surface area contributed by atoms with Crippen LogP contribution >= 0.6 is 0 Å². The van der Waals surface area contributed by atoms with Crippen LogP contribution < -0.4 is 4.90 Å². The van der Waals surface area contributed by atoms with Crippen LogP contribution in [0.4, 0.5) is 5.69 Å². The second-order valence-corrected chi connectivity index (χ2v) is 4.42. The molecule has 1 aliphatic heterocycles. The van der Waals surface area contributed by atoms with Gasteiger partial charge in [0.25, 0.3) is 0 Å². The van der Waals surface area contributed by atoms with E-state index in [-0.39, 0.29) is 0 Å². The third-order valence-electron chi connectivity index (χ3n) is 3.25. The average Bonchev–Trinajstić information content (AvgIpc) is 2.99. The van der Waals surface area contributed by atoms with Crippen molar-refractivity contribution in [1.82, 2.24) is 9.78 Å². The largest absolute Gasteiger partial charge is 0.374 e. The summed E-state index contributed by atoms with van der Waals surface area (Å²) in [6, 6.07) is 6.68. The summed E-state index contributed by atoms with van der Waals surface area (Å²) in [5.74, 6) is 0. The molecule has 0 unspecified atom stereocenters. The number of hydrogen-bond donors (Lipinski definition) is 0. The number of fused-ring (bicyclic) bond motifs is 1. The van der Waals surface area contributed by atoms with Gasteiger partial charge in [-0.1, -0.05) is 19.9 Å². The van der Waals surface area contributed by atoms with Crippen LogP contribution in [-0.4, -0.2) is 23.4 Å². The summed E-state index contributed by atoms with van der Waals surface area (Å²) in [4.78, 5) is 2.31. The molecule has 0 amide bonds. The first-order valence-corrected chi connectivity index (χ1v) is 6.57. The summed E-state index contributed by atoms with van der Waals surface area (Å²) in [7, 11) is 4.10. The molecule has 2 aromatic rings. The van der Waals surface area contributed by atoms with E-state index in [1.165, 1.54) is 22.4 Å². The predicted molar refractivity (Wildman–Crippen MR) is 77.0 cm³/mol. The van der Waals surface area contributed by atoms with Crippen LogP contribution in [0, 0.1) is 0 Å². The van der Waals surface area contributed by atoms with E-state index in [0.29, 0.717) is 0 Å². The van der Waals surface area contributed by atoms with E-state index in [1.807, 2.05) is 31.8 Å². The quantitative estimate of drug-likeness (QED) is 0.767. The molecule has 0 saturated carbocycles. The van der Waals surface area contributed by atoms with Gasteiger partial charge in [-0.15, -0.1) is 0 Å². The Labute approximate surface area is 109 Å². The topological polar surface area (TPSA) is 21.1 Å². The molecular weight excluding hydrogens is 222 g/mol. The number of rotatable bonds is 1. The van der Waals surface area contributed by atoms with Gasteiger partial charge in [0.1, 0.15) is 0 Å². The number of anilines is 1. The van der Waals surface area contributed by atoms with Crippen LogP contribution in [0.3, 0.4) is 0 Å². The maximum absolute atomic E-state index is 4.21. The highest BCUT2D eigenvalue weighted by Crippen LogP contribution is 2.30. The Morgan fingerprint density at radius 2 is 1.89 bits per heavy atom. The van der Waals surface area contributed by atoms with Gasteiger partial charge in [-0.2, -0.15) is 5.10 Å². The van der Waals surface area contributed by atoms with Gasteiger partial charge in [0.05, 0.1) is 6.20 Å². The number of hydrogen-bond acceptors (Lipinski definition) is 2. The molecule has 1 aromatic heterocycles. The molecule has 0 atom stereocenters. The first kappa shape index (κ1) is 12.7. The first-order chi connectivity index (χ1) is 8.74. The standard InChI is InChI=1S/C13H15N3.C2H6/c1-15-6-5-11-7-10(3-4-13(11)15)12-8-14-16(2)9-12;1-2/h3-4,7-9H,5-6H2,1-2H3;1-2H3. The maximum Gasteiger partial charge on any atom is 0.0568 e. The highest BCUT2D eigenvalue weighted by molar-refractivity contribution is 5.69. The number of benzene rings is 1. The van der Waals surface area contributed by atoms with E-state index < -0.39 is 0 Å². The van der Waals surface area contributed by atoms with Gasteiger partial charge < -0.3 is 4.90 Å². The molecule has 0 N–H and O–H groups in total. The van der Waals surface area contributed by atoms with Gasteiger partial charge in [0, 0.05) is 38.1 Å². The fourth-order valence-electron chi connectivity index (χ4n) is 2.32. The van der Waals surface area contributed by atoms with Crippen LogP contribution in [0.5, 0.6) is 0 Å². The summed E-state index contributed by atoms with van der Waals surface area (Å²) in [5, 5.41) is 4.21. The lowest BCUT2D eigenvalue weighted by Gasteiger charge is -2.11. The fraction of sp³-hybridized carbons (Fsp3) is 0.400. The predicted octanol–water partition coefficient (Wildman–Crippen LogP) is 3.11. The molecule has 18 heavy (non-hydrogen) atoms. The number of nitrogens with zero attached hydrogens (tertiary/aromatic N) is 3. The molecule has 2 heterocycles. The fourth-order valence-corrected chi connectivity index (χ4v) is 2.32. The van der Waals surface area contributed by atoms with Crippen molar-refractivity contribution in [2.75, 3.05) is 18.5 Å². The lowest BCUT2D eigenvalue weighted by Crippen LogP contribution is -2.12. The van der Waals surface area contributed by atoms with Crippen LogP contribution in [0.15, 0.2) is 30.6 Å². The van der Waals surface area contributed by atoms with E-state index in [4.69, 9.17) is 0 Å². The average molecular weight is 243 g/mol. The summed E-state index contributed by atoms with van der Waals surface area (Å²) in [6.07, 6.45) is 5.13. The molecule has 0 bridgehead atoms. The Morgan fingerprint density at radius 3 is 2.56 bits per heavy atom. The van der Waals surface area contributed by atoms with Gasteiger partial charge in [-0.05, 0) is 29.7 Å². The van der Waals surface area contributed by atoms with Crippen molar-refractivity contribution < 1.29 is 0 Å². The van der Waals surface area contributed by atoms with Crippen LogP contribution in [0.2, 0.25) is 0 Å². The molecule has 3 heteroatoms. The summed E-state index contributed by atoms with van der Waals surface area (Å²) in [6.45, 7) is 5.13. The molecule has 1 aromatic carbocycles. The zero-order chi connectivity index (χ0) is 13.1. The lowest BCUT2D eigenvalue weighted by molar-refractivity contribution is 0.768. The minimum Gasteiger partial charge on any atom is -0.374 e. The first-order valence-electron chi connectivity index (χ1n) is 6.57. The molecule has 0 spiro atoms. The lowest BCUT2D eigenvalue weighted by atomic mass is 10.0. The van der Waals surface area contributed by atoms with E-state index in [2.05, 4.69) is 41.4 Å². The number of aromatic nitrogens is 2. The van der Waals surface area contributed by atoms with Gasteiger partial charge in [-0.25, -0.2) is 0 Å². The van der Waals surface area contributed by atoms with Gasteiger partial charge in [-0.3, -0.25) is 4.68 Å². The molecule has 3 nitrogen and oxygen atoms in total. The monoisotopic (exact) mass is 243 g/mol. The Hall–Kier alpha value is -1.77. The highest BCUT2D eigenvalue weighted by atomic mass is 15.2. The maximum atomic E-state index is 4.21. The van der Waals surface area contributed by atoms with Crippen LogP contribution in [-0.2, 0) is 13.5 Å². The third-order valence-corrected chi connectivity index (χ3v) is 3.25. The molecule has 3 rings (SSSR count). The molecule has 0 saturated heterocycles. The van der Waals surface area contributed by atoms with E-state index in [9.17, 15) is 0 Å². The second kappa shape index (κ2) is 5.25. The summed E-state index contributed by atoms with van der Waals surface area (Å²) >= 11 is 0. The van der Waals surface area contributed by atoms with Crippen molar-refractivity contribution >= 4 is 5.69 Å². The molecule has 96 valence electrons. The second-order valence-electron chi connectivity index (χ2n) is 4.42. The molecular formula is C15H21N3. The van der Waals surface area contributed by atoms with Crippen molar-refractivity contribution in [2.24, 2.45) is 7.05 Å². The van der Waals surface area contributed by atoms with Gasteiger partial charge >= 0.3 is 0 Å². The SMILES string of the molecule is CC.CN1CCc2cc(-c3cnn(C)c3)ccc21. The van der Waals surface area contributed by atoms with Crippen molar-refractivity contribution in [1.29, 1.82) is 0 Å². The summed E-state index contributed by atoms with van der Waals surface area (Å²) in [5.41, 5.74) is 5.28. The summed E-state index contributed by atoms with van der Waals surface area (Å²) < 4.78 is 1.84. The molecule has 0 fully saturated rings. The van der Waals surface area contributed by atoms with Crippen LogP contribution in [0.25, 0.3) is 11.1 Å². The Morgan fingerprint density at radius 1 is 1.11 bits per heavy atom. The van der Waals surface area contributed by atoms with E-state index in [0.717, 1.165) is 13.0 Å². The number of aryl methyl sites for hydroxylation is 1. The zero-order valence-electron chi connectivity index (χ0n) is 11.6. The Balaban J connectivity index is 0.000000574. The third kappa shape index (κ3) is 2.26. The molecule has 1 aliphatic rings. The number of likely N-dealkylation sites (N-methyl/N-ethyl adjacent to an activating group) is 1. The van der Waals surface area contributed by atoms with Crippen molar-refractivity contribution in [3.05, 3.63) is 36.2 Å². The Kier molecular flexibility index (Phi) is 3.70. The zero-order valence-corrected chi connectivity index (χ0v) is 11.6. The highest BCUT2D eigenvalue weighted by Gasteiger charge is 2.15. The van der Waals surface area contributed by atoms with Gasteiger partial charge in [0.15, 0.2) is 0 Å². The van der Waals surface area contributed by atoms with Crippen molar-refractivity contribution in [2.45, 2.75) is 20.3 Å². The minimum atomic E-state index is 1.13. The van der Waals surface area contributed by atoms with E-state index >= 15 is 0 Å². The van der Waals surface area contributed by atoms with E-state index in [1.54, 1.807) is 0 Å². The van der Waals surface area contributed by atoms with Gasteiger partial charge in [0.2, 0.25) is 0 Å². The Bertz CT molecular complexity index is 528. The molecule has 0 aliphatic carbocycles. The minimum absolute atomic E-state index is 1.13. The van der Waals surface area contributed by atoms with Crippen molar-refractivity contribution in [3.8, 4) is 11.1 Å². The normalized spacial score (nSPS) is 13.0. The molecule has 0 radical (unpaired) electrons.